The SMILES string of the molecule is Fc1ccc(Br)cc1NCCC1CCCN1. The molecule has 1 atom stereocenters. The van der Waals surface area contributed by atoms with Crippen molar-refractivity contribution in [2.75, 3.05) is 18.4 Å². The third-order valence-corrected chi connectivity index (χ3v) is 3.39. The molecule has 0 aromatic heterocycles. The molecule has 0 bridgehead atoms. The van der Waals surface area contributed by atoms with Gasteiger partial charge in [0.1, 0.15) is 5.82 Å². The topological polar surface area (TPSA) is 24.1 Å². The second-order valence-electron chi connectivity index (χ2n) is 4.13. The molecule has 0 radical (unpaired) electrons. The summed E-state index contributed by atoms with van der Waals surface area (Å²) in [5.41, 5.74) is 0.576. The fraction of sp³-hybridized carbons (Fsp3) is 0.500. The number of nitrogens with one attached hydrogen (secondary N) is 2. The van der Waals surface area contributed by atoms with Gasteiger partial charge in [-0.15, -0.1) is 0 Å². The summed E-state index contributed by atoms with van der Waals surface area (Å²) in [6.07, 6.45) is 3.55. The summed E-state index contributed by atoms with van der Waals surface area (Å²) in [5.74, 6) is -0.192. The van der Waals surface area contributed by atoms with E-state index in [9.17, 15) is 4.39 Å². The normalized spacial score (nSPS) is 20.0. The maximum absolute atomic E-state index is 13.4. The van der Waals surface area contributed by atoms with E-state index in [4.69, 9.17) is 0 Å². The highest BCUT2D eigenvalue weighted by Gasteiger charge is 2.13. The van der Waals surface area contributed by atoms with Crippen LogP contribution in [0.25, 0.3) is 0 Å². The Morgan fingerprint density at radius 1 is 1.50 bits per heavy atom. The first-order valence-electron chi connectivity index (χ1n) is 5.68. The molecule has 2 rings (SSSR count). The molecule has 0 amide bonds. The molecule has 16 heavy (non-hydrogen) atoms. The average Bonchev–Trinajstić information content (AvgIpc) is 2.76. The molecule has 0 aliphatic carbocycles. The lowest BCUT2D eigenvalue weighted by molar-refractivity contribution is 0.572. The predicted molar refractivity (Wildman–Crippen MR) is 68.2 cm³/mol. The summed E-state index contributed by atoms with van der Waals surface area (Å²) in [4.78, 5) is 0. The number of hydrogen-bond donors (Lipinski definition) is 2. The van der Waals surface area contributed by atoms with Crippen LogP contribution in [0, 0.1) is 5.82 Å². The zero-order valence-electron chi connectivity index (χ0n) is 9.10. The van der Waals surface area contributed by atoms with Crippen LogP contribution >= 0.6 is 15.9 Å². The van der Waals surface area contributed by atoms with E-state index in [0.29, 0.717) is 11.7 Å². The number of rotatable bonds is 4. The number of benzene rings is 1. The van der Waals surface area contributed by atoms with Crippen LogP contribution in [0.5, 0.6) is 0 Å². The van der Waals surface area contributed by atoms with Gasteiger partial charge in [0.2, 0.25) is 0 Å². The van der Waals surface area contributed by atoms with E-state index in [1.807, 2.05) is 0 Å². The zero-order valence-corrected chi connectivity index (χ0v) is 10.7. The number of hydrogen-bond acceptors (Lipinski definition) is 2. The van der Waals surface area contributed by atoms with Gasteiger partial charge in [0.05, 0.1) is 5.69 Å². The Morgan fingerprint density at radius 3 is 3.12 bits per heavy atom. The quantitative estimate of drug-likeness (QED) is 0.889. The van der Waals surface area contributed by atoms with Crippen LogP contribution in [0.15, 0.2) is 22.7 Å². The summed E-state index contributed by atoms with van der Waals surface area (Å²) in [6.45, 7) is 1.93. The maximum Gasteiger partial charge on any atom is 0.146 e. The molecule has 1 aromatic rings. The van der Waals surface area contributed by atoms with E-state index in [1.54, 1.807) is 12.1 Å². The molecular weight excluding hydrogens is 271 g/mol. The van der Waals surface area contributed by atoms with Crippen LogP contribution in [0.2, 0.25) is 0 Å². The largest absolute Gasteiger partial charge is 0.383 e. The fourth-order valence-electron chi connectivity index (χ4n) is 2.02. The van der Waals surface area contributed by atoms with Crippen LogP contribution in [0.1, 0.15) is 19.3 Å². The molecule has 2 nitrogen and oxygen atoms in total. The third-order valence-electron chi connectivity index (χ3n) is 2.90. The Balaban J connectivity index is 1.82. The summed E-state index contributed by atoms with van der Waals surface area (Å²) in [6, 6.07) is 5.55. The molecule has 4 heteroatoms. The second kappa shape index (κ2) is 5.64. The van der Waals surface area contributed by atoms with Crippen molar-refractivity contribution in [2.45, 2.75) is 25.3 Å². The van der Waals surface area contributed by atoms with Gasteiger partial charge in [0.25, 0.3) is 0 Å². The van der Waals surface area contributed by atoms with Crippen LogP contribution in [-0.2, 0) is 0 Å². The highest BCUT2D eigenvalue weighted by molar-refractivity contribution is 9.10. The molecule has 1 aliphatic rings. The van der Waals surface area contributed by atoms with Crippen molar-refractivity contribution >= 4 is 21.6 Å². The molecule has 1 heterocycles. The predicted octanol–water partition coefficient (Wildman–Crippen LogP) is 3.14. The first-order valence-corrected chi connectivity index (χ1v) is 6.47. The first-order chi connectivity index (χ1) is 7.75. The number of anilines is 1. The van der Waals surface area contributed by atoms with Crippen LogP contribution < -0.4 is 10.6 Å². The molecular formula is C12H16BrFN2. The van der Waals surface area contributed by atoms with Crippen molar-refractivity contribution in [2.24, 2.45) is 0 Å². The third kappa shape index (κ3) is 3.19. The minimum absolute atomic E-state index is 0.192. The highest BCUT2D eigenvalue weighted by atomic mass is 79.9. The maximum atomic E-state index is 13.4. The number of halogens is 2. The van der Waals surface area contributed by atoms with Crippen molar-refractivity contribution in [3.8, 4) is 0 Å². The highest BCUT2D eigenvalue weighted by Crippen LogP contribution is 2.20. The van der Waals surface area contributed by atoms with Crippen molar-refractivity contribution in [3.63, 3.8) is 0 Å². The van der Waals surface area contributed by atoms with Crippen molar-refractivity contribution < 1.29 is 4.39 Å². The summed E-state index contributed by atoms with van der Waals surface area (Å²) in [5, 5.41) is 6.56. The molecule has 1 saturated heterocycles. The summed E-state index contributed by atoms with van der Waals surface area (Å²) in [7, 11) is 0. The standard InChI is InChI=1S/C12H16BrFN2/c13-9-3-4-11(14)12(8-9)16-7-5-10-2-1-6-15-10/h3-4,8,10,15-16H,1-2,5-7H2. The Kier molecular flexibility index (Phi) is 4.18. The van der Waals surface area contributed by atoms with E-state index in [2.05, 4.69) is 26.6 Å². The molecule has 1 fully saturated rings. The van der Waals surface area contributed by atoms with E-state index in [1.165, 1.54) is 18.9 Å². The summed E-state index contributed by atoms with van der Waals surface area (Å²) >= 11 is 3.34. The Morgan fingerprint density at radius 2 is 2.38 bits per heavy atom. The van der Waals surface area contributed by atoms with Gasteiger partial charge in [0.15, 0.2) is 0 Å². The Hall–Kier alpha value is -0.610. The molecule has 88 valence electrons. The van der Waals surface area contributed by atoms with Gasteiger partial charge in [0, 0.05) is 17.1 Å². The van der Waals surface area contributed by atoms with Crippen molar-refractivity contribution in [3.05, 3.63) is 28.5 Å². The fourth-order valence-corrected chi connectivity index (χ4v) is 2.38. The Labute approximate surface area is 104 Å². The average molecular weight is 287 g/mol. The smallest absolute Gasteiger partial charge is 0.146 e. The van der Waals surface area contributed by atoms with Gasteiger partial charge in [-0.2, -0.15) is 0 Å². The lowest BCUT2D eigenvalue weighted by atomic mass is 10.1. The first kappa shape index (κ1) is 11.9. The Bertz CT molecular complexity index is 351. The van der Waals surface area contributed by atoms with Gasteiger partial charge in [-0.1, -0.05) is 15.9 Å². The van der Waals surface area contributed by atoms with E-state index in [0.717, 1.165) is 24.0 Å². The van der Waals surface area contributed by atoms with E-state index in [-0.39, 0.29) is 5.82 Å². The van der Waals surface area contributed by atoms with Crippen molar-refractivity contribution in [1.82, 2.24) is 5.32 Å². The molecule has 1 unspecified atom stereocenters. The van der Waals surface area contributed by atoms with Gasteiger partial charge >= 0.3 is 0 Å². The van der Waals surface area contributed by atoms with Gasteiger partial charge in [-0.05, 0) is 44.0 Å². The molecule has 2 N–H and O–H groups in total. The lowest BCUT2D eigenvalue weighted by Crippen LogP contribution is -2.24. The van der Waals surface area contributed by atoms with Crippen LogP contribution in [0.4, 0.5) is 10.1 Å². The molecule has 0 saturated carbocycles. The monoisotopic (exact) mass is 286 g/mol. The van der Waals surface area contributed by atoms with Gasteiger partial charge < -0.3 is 10.6 Å². The van der Waals surface area contributed by atoms with E-state index < -0.39 is 0 Å². The second-order valence-corrected chi connectivity index (χ2v) is 5.05. The minimum atomic E-state index is -0.192. The molecule has 1 aliphatic heterocycles. The minimum Gasteiger partial charge on any atom is -0.383 e. The van der Waals surface area contributed by atoms with Crippen LogP contribution in [0.3, 0.4) is 0 Å². The van der Waals surface area contributed by atoms with Gasteiger partial charge in [-0.3, -0.25) is 0 Å². The van der Waals surface area contributed by atoms with Crippen LogP contribution in [-0.4, -0.2) is 19.1 Å². The molecule has 1 aromatic carbocycles. The van der Waals surface area contributed by atoms with Crippen molar-refractivity contribution in [1.29, 1.82) is 0 Å². The summed E-state index contributed by atoms with van der Waals surface area (Å²) < 4.78 is 14.3. The van der Waals surface area contributed by atoms with Gasteiger partial charge in [-0.25, -0.2) is 4.39 Å². The molecule has 0 spiro atoms. The van der Waals surface area contributed by atoms with E-state index >= 15 is 0 Å². The zero-order chi connectivity index (χ0) is 11.4. The lowest BCUT2D eigenvalue weighted by Gasteiger charge is -2.12.